The summed E-state index contributed by atoms with van der Waals surface area (Å²) in [6.45, 7) is 3.19. The van der Waals surface area contributed by atoms with Crippen LogP contribution in [0.25, 0.3) is 41.7 Å². The first-order chi connectivity index (χ1) is 24.3. The van der Waals surface area contributed by atoms with E-state index in [9.17, 15) is 19.2 Å². The third-order valence-electron chi connectivity index (χ3n) is 8.39. The van der Waals surface area contributed by atoms with E-state index in [1.807, 2.05) is 6.92 Å². The Morgan fingerprint density at radius 3 is 2.28 bits per heavy atom. The van der Waals surface area contributed by atoms with Crippen molar-refractivity contribution in [1.29, 1.82) is 0 Å². The minimum Gasteiger partial charge on any atom is -0.453 e. The summed E-state index contributed by atoms with van der Waals surface area (Å²) < 4.78 is 11.5. The average molecular weight is 719 g/mol. The molecule has 50 heavy (non-hydrogen) atoms. The molecule has 0 radical (unpaired) electrons. The van der Waals surface area contributed by atoms with E-state index < -0.39 is 12.2 Å². The van der Waals surface area contributed by atoms with Crippen LogP contribution in [0, 0.1) is 0 Å². The van der Waals surface area contributed by atoms with Crippen molar-refractivity contribution in [3.63, 3.8) is 0 Å². The van der Waals surface area contributed by atoms with Crippen molar-refractivity contribution >= 4 is 56.1 Å². The lowest BCUT2D eigenvalue weighted by Crippen LogP contribution is -2.40. The number of aromatic nitrogens is 4. The highest BCUT2D eigenvalue weighted by Crippen LogP contribution is 2.41. The van der Waals surface area contributed by atoms with E-state index in [4.69, 9.17) is 0 Å². The molecule has 0 spiro atoms. The number of H-pyrrole nitrogens is 2. The Bertz CT molecular complexity index is 1950. The minimum atomic E-state index is -0.645. The number of methoxy groups -OCH3 is 2. The molecule has 16 heteroatoms. The van der Waals surface area contributed by atoms with Gasteiger partial charge in [-0.3, -0.25) is 9.59 Å². The lowest BCUT2D eigenvalue weighted by atomic mass is 10.1. The van der Waals surface area contributed by atoms with Crippen molar-refractivity contribution in [2.75, 3.05) is 40.4 Å². The number of ether oxygens (including phenoxy) is 2. The van der Waals surface area contributed by atoms with Crippen LogP contribution in [0.4, 0.5) is 9.59 Å². The van der Waals surface area contributed by atoms with Crippen molar-refractivity contribution in [1.82, 2.24) is 40.4 Å². The van der Waals surface area contributed by atoms with Gasteiger partial charge in [-0.2, -0.15) is 0 Å². The van der Waals surface area contributed by atoms with Crippen LogP contribution < -0.4 is 10.6 Å². The zero-order valence-corrected chi connectivity index (χ0v) is 29.5. The predicted molar refractivity (Wildman–Crippen MR) is 191 cm³/mol. The summed E-state index contributed by atoms with van der Waals surface area (Å²) in [6.07, 6.45) is 4.74. The number of imidazole rings is 2. The fourth-order valence-electron chi connectivity index (χ4n) is 5.89. The van der Waals surface area contributed by atoms with Gasteiger partial charge in [-0.25, -0.2) is 19.6 Å². The van der Waals surface area contributed by atoms with E-state index in [1.165, 1.54) is 23.6 Å². The fourth-order valence-corrected chi connectivity index (χ4v) is 8.26. The number of amides is 4. The van der Waals surface area contributed by atoms with Gasteiger partial charge >= 0.3 is 12.2 Å². The van der Waals surface area contributed by atoms with Crippen molar-refractivity contribution in [2.45, 2.75) is 38.8 Å². The molecule has 0 aliphatic carbocycles. The Morgan fingerprint density at radius 1 is 0.900 bits per heavy atom. The molecule has 1 aliphatic heterocycles. The zero-order valence-electron chi connectivity index (χ0n) is 27.9. The van der Waals surface area contributed by atoms with Gasteiger partial charge in [0.25, 0.3) is 0 Å². The topological polar surface area (TPSA) is 175 Å². The second-order valence-electron chi connectivity index (χ2n) is 11.7. The number of carbonyl (C=O) groups excluding carboxylic acids is 4. The van der Waals surface area contributed by atoms with E-state index in [1.54, 1.807) is 44.9 Å². The van der Waals surface area contributed by atoms with Gasteiger partial charge in [0, 0.05) is 27.4 Å². The predicted octanol–water partition coefficient (Wildman–Crippen LogP) is 5.52. The molecule has 5 aromatic rings. The maximum absolute atomic E-state index is 12.7. The number of nitrogens with zero attached hydrogens (tertiary/aromatic N) is 4. The molecule has 14 nitrogen and oxygen atoms in total. The normalized spacial score (nSPS) is 14.1. The number of thiophene rings is 2. The zero-order chi connectivity index (χ0) is 35.2. The van der Waals surface area contributed by atoms with E-state index in [0.717, 1.165) is 57.4 Å². The molecule has 4 amide bonds. The number of hydrogen-bond acceptors (Lipinski definition) is 10. The summed E-state index contributed by atoms with van der Waals surface area (Å²) in [5.74, 6) is 1.01. The molecule has 1 aromatic carbocycles. The third kappa shape index (κ3) is 7.81. The highest BCUT2D eigenvalue weighted by Gasteiger charge is 2.32. The van der Waals surface area contributed by atoms with Crippen molar-refractivity contribution in [3.8, 4) is 32.3 Å². The van der Waals surface area contributed by atoms with Crippen LogP contribution in [0.3, 0.4) is 0 Å². The van der Waals surface area contributed by atoms with E-state index in [0.29, 0.717) is 25.5 Å². The van der Waals surface area contributed by atoms with Gasteiger partial charge in [-0.15, -0.1) is 22.7 Å². The van der Waals surface area contributed by atoms with Crippen LogP contribution in [0.1, 0.15) is 43.9 Å². The molecule has 1 atom stereocenters. The maximum atomic E-state index is 12.7. The number of likely N-dealkylation sites (tertiary alicyclic amines) is 1. The maximum Gasteiger partial charge on any atom is 0.407 e. The first-order valence-electron chi connectivity index (χ1n) is 16.2. The summed E-state index contributed by atoms with van der Waals surface area (Å²) in [6, 6.07) is 12.5. The van der Waals surface area contributed by atoms with Gasteiger partial charge in [-0.05, 0) is 42.5 Å². The number of hydrogen-bond donors (Lipinski definition) is 4. The van der Waals surface area contributed by atoms with E-state index in [2.05, 4.69) is 76.4 Å². The summed E-state index contributed by atoms with van der Waals surface area (Å²) in [5, 5.41) is 4.90. The van der Waals surface area contributed by atoms with Gasteiger partial charge in [0.15, 0.2) is 0 Å². The number of rotatable bonds is 12. The van der Waals surface area contributed by atoms with Crippen molar-refractivity contribution in [2.24, 2.45) is 0 Å². The Hall–Kier alpha value is -5.22. The number of alkyl carbamates (subject to hydrolysis) is 2. The van der Waals surface area contributed by atoms with Gasteiger partial charge in [0.05, 0.1) is 55.5 Å². The Morgan fingerprint density at radius 2 is 1.56 bits per heavy atom. The minimum absolute atomic E-state index is 0.120. The molecule has 1 fully saturated rings. The van der Waals surface area contributed by atoms with Crippen molar-refractivity contribution < 1.29 is 28.7 Å². The Balaban J connectivity index is 1.09. The smallest absolute Gasteiger partial charge is 0.407 e. The second kappa shape index (κ2) is 15.6. The highest BCUT2D eigenvalue weighted by atomic mass is 32.1. The van der Waals surface area contributed by atoms with Crippen LogP contribution >= 0.6 is 22.7 Å². The highest BCUT2D eigenvalue weighted by molar-refractivity contribution is 7.31. The van der Waals surface area contributed by atoms with Gasteiger partial charge in [0.1, 0.15) is 24.7 Å². The molecule has 5 heterocycles. The van der Waals surface area contributed by atoms with E-state index >= 15 is 0 Å². The number of benzene rings is 1. The molecule has 1 aliphatic rings. The first-order valence-corrected chi connectivity index (χ1v) is 17.8. The number of aromatic amines is 2. The molecule has 0 saturated carbocycles. The largest absolute Gasteiger partial charge is 0.453 e. The molecular formula is C34H38N8O6S2. The fraction of sp³-hybridized carbons (Fsp3) is 0.353. The lowest BCUT2D eigenvalue weighted by Gasteiger charge is -2.23. The summed E-state index contributed by atoms with van der Waals surface area (Å²) in [4.78, 5) is 69.7. The molecule has 0 bridgehead atoms. The van der Waals surface area contributed by atoms with Crippen LogP contribution in [-0.4, -0.2) is 94.1 Å². The van der Waals surface area contributed by atoms with Gasteiger partial charge in [0.2, 0.25) is 11.8 Å². The molecule has 262 valence electrons. The van der Waals surface area contributed by atoms with Gasteiger partial charge < -0.3 is 39.9 Å². The molecule has 1 saturated heterocycles. The lowest BCUT2D eigenvalue weighted by molar-refractivity contribution is -0.131. The standard InChI is InChI=1S/C34H38N8O6S2/c1-4-11-41(30(43)17-37-33(45)47-2)19-29-35-16-23(39-29)26-14-28-27(50-26)13-25(49-28)21-9-7-20(8-10-21)22-15-36-32(40-22)24-6-5-12-42(24)31(44)18-38-34(46)48-3/h7-10,13-16,24H,4-6,11-12,17-19H2,1-3H3,(H,35,39)(H,36,40)(H,37,45)(H,38,46). The third-order valence-corrected chi connectivity index (χ3v) is 10.8. The Kier molecular flexibility index (Phi) is 10.8. The average Bonchev–Trinajstić information content (AvgIpc) is 3.97. The van der Waals surface area contributed by atoms with Crippen molar-refractivity contribution in [3.05, 3.63) is 60.4 Å². The van der Waals surface area contributed by atoms with Crippen LogP contribution in [0.15, 0.2) is 48.8 Å². The number of carbonyl (C=O) groups is 4. The molecular weight excluding hydrogens is 681 g/mol. The summed E-state index contributed by atoms with van der Waals surface area (Å²) in [5.41, 5.74) is 3.86. The second-order valence-corrected chi connectivity index (χ2v) is 13.9. The van der Waals surface area contributed by atoms with Crippen LogP contribution in [-0.2, 0) is 25.6 Å². The Labute approximate surface area is 296 Å². The molecule has 1 unspecified atom stereocenters. The summed E-state index contributed by atoms with van der Waals surface area (Å²) >= 11 is 3.40. The number of fused-ring (bicyclic) bond motifs is 1. The van der Waals surface area contributed by atoms with Crippen LogP contribution in [0.2, 0.25) is 0 Å². The SMILES string of the molecule is CCCN(Cc1ncc(-c2cc3sc(-c4ccc(-c5cnc(C6CCCN6C(=O)CNC(=O)OC)[nH]5)cc4)cc3s2)[nH]1)C(=O)CNC(=O)OC. The monoisotopic (exact) mass is 718 g/mol. The first kappa shape index (κ1) is 34.6. The molecule has 6 rings (SSSR count). The quantitative estimate of drug-likeness (QED) is 0.130. The number of nitrogens with one attached hydrogen (secondary N) is 4. The van der Waals surface area contributed by atoms with Crippen LogP contribution in [0.5, 0.6) is 0 Å². The van der Waals surface area contributed by atoms with E-state index in [-0.39, 0.29) is 30.9 Å². The molecule has 4 N–H and O–H groups in total. The summed E-state index contributed by atoms with van der Waals surface area (Å²) in [7, 11) is 2.52. The molecule has 4 aromatic heterocycles. The van der Waals surface area contributed by atoms with Gasteiger partial charge in [-0.1, -0.05) is 31.2 Å².